The third-order valence-corrected chi connectivity index (χ3v) is 5.28. The topological polar surface area (TPSA) is 102 Å². The number of hydrogen-bond donors (Lipinski definition) is 1. The van der Waals surface area contributed by atoms with Crippen LogP contribution in [-0.2, 0) is 23.9 Å². The summed E-state index contributed by atoms with van der Waals surface area (Å²) in [4.78, 5) is 49.9. The summed E-state index contributed by atoms with van der Waals surface area (Å²) < 4.78 is 10.0. The van der Waals surface area contributed by atoms with Crippen molar-refractivity contribution in [2.24, 2.45) is 5.92 Å². The van der Waals surface area contributed by atoms with E-state index in [9.17, 15) is 19.2 Å². The molecule has 29 heavy (non-hydrogen) atoms. The van der Waals surface area contributed by atoms with Gasteiger partial charge in [0.2, 0.25) is 5.91 Å². The van der Waals surface area contributed by atoms with Gasteiger partial charge in [0.25, 0.3) is 5.91 Å². The summed E-state index contributed by atoms with van der Waals surface area (Å²) in [6.07, 6.45) is 4.36. The van der Waals surface area contributed by atoms with E-state index in [4.69, 9.17) is 9.47 Å². The van der Waals surface area contributed by atoms with E-state index in [2.05, 4.69) is 5.32 Å². The maximum Gasteiger partial charge on any atom is 0.338 e. The highest BCUT2D eigenvalue weighted by molar-refractivity contribution is 5.95. The van der Waals surface area contributed by atoms with Crippen LogP contribution in [0.2, 0.25) is 0 Å². The zero-order valence-corrected chi connectivity index (χ0v) is 16.5. The normalized spacial score (nSPS) is 19.3. The summed E-state index contributed by atoms with van der Waals surface area (Å²) in [7, 11) is 0. The first kappa shape index (κ1) is 20.8. The summed E-state index contributed by atoms with van der Waals surface area (Å²) in [5.74, 6) is -1.97. The van der Waals surface area contributed by atoms with Crippen molar-refractivity contribution < 1.29 is 28.7 Å². The quantitative estimate of drug-likeness (QED) is 0.701. The van der Waals surface area contributed by atoms with Gasteiger partial charge in [0.1, 0.15) is 0 Å². The molecule has 1 aromatic rings. The average molecular weight is 402 g/mol. The Labute approximate surface area is 169 Å². The van der Waals surface area contributed by atoms with E-state index in [-0.39, 0.29) is 25.0 Å². The maximum atomic E-state index is 12.3. The van der Waals surface area contributed by atoms with Crippen molar-refractivity contribution in [2.75, 3.05) is 25.1 Å². The molecular formula is C21H26N2O6. The molecule has 1 aromatic carbocycles. The van der Waals surface area contributed by atoms with Gasteiger partial charge in [-0.1, -0.05) is 12.8 Å². The molecule has 0 bridgehead atoms. The molecule has 0 spiro atoms. The fourth-order valence-corrected chi connectivity index (χ4v) is 3.81. The highest BCUT2D eigenvalue weighted by Crippen LogP contribution is 2.29. The fraction of sp³-hybridized carbons (Fsp3) is 0.524. The monoisotopic (exact) mass is 402 g/mol. The van der Waals surface area contributed by atoms with Crippen molar-refractivity contribution in [2.45, 2.75) is 45.1 Å². The van der Waals surface area contributed by atoms with Gasteiger partial charge in [0.05, 0.1) is 18.1 Å². The number of hydrogen-bond acceptors (Lipinski definition) is 6. The summed E-state index contributed by atoms with van der Waals surface area (Å²) >= 11 is 0. The van der Waals surface area contributed by atoms with Gasteiger partial charge in [-0.3, -0.25) is 14.4 Å². The molecule has 1 saturated heterocycles. The zero-order chi connectivity index (χ0) is 20.8. The van der Waals surface area contributed by atoms with Crippen molar-refractivity contribution in [3.63, 3.8) is 0 Å². The van der Waals surface area contributed by atoms with Crippen LogP contribution in [0.15, 0.2) is 24.3 Å². The molecule has 1 aliphatic heterocycles. The first-order valence-corrected chi connectivity index (χ1v) is 10.0. The van der Waals surface area contributed by atoms with Gasteiger partial charge >= 0.3 is 11.9 Å². The van der Waals surface area contributed by atoms with Crippen molar-refractivity contribution in [1.82, 2.24) is 4.90 Å². The number of nitrogens with zero attached hydrogens (tertiary/aromatic N) is 1. The van der Waals surface area contributed by atoms with E-state index >= 15 is 0 Å². The van der Waals surface area contributed by atoms with Gasteiger partial charge < -0.3 is 19.7 Å². The van der Waals surface area contributed by atoms with Gasteiger partial charge in [0, 0.05) is 24.7 Å². The van der Waals surface area contributed by atoms with Crippen LogP contribution in [0.25, 0.3) is 0 Å². The van der Waals surface area contributed by atoms with Crippen LogP contribution >= 0.6 is 0 Å². The lowest BCUT2D eigenvalue weighted by Gasteiger charge is -2.23. The van der Waals surface area contributed by atoms with Crippen molar-refractivity contribution in [3.05, 3.63) is 29.8 Å². The van der Waals surface area contributed by atoms with Crippen LogP contribution in [0.5, 0.6) is 0 Å². The number of nitrogens with one attached hydrogen (secondary N) is 1. The number of rotatable bonds is 7. The molecule has 156 valence electrons. The standard InChI is InChI=1S/C21H26N2O6/c1-2-28-20(26)14-7-9-16(10-8-14)22-18(24)13-29-21(27)15-11-19(25)23(12-15)17-5-3-4-6-17/h7-10,15,17H,2-6,11-13H2,1H3,(H,22,24)/t15-/m0/s1. The smallest absolute Gasteiger partial charge is 0.338 e. The minimum absolute atomic E-state index is 0.00927. The van der Waals surface area contributed by atoms with E-state index in [0.29, 0.717) is 17.8 Å². The van der Waals surface area contributed by atoms with Crippen molar-refractivity contribution >= 4 is 29.4 Å². The van der Waals surface area contributed by atoms with Gasteiger partial charge in [-0.15, -0.1) is 0 Å². The Kier molecular flexibility index (Phi) is 6.85. The van der Waals surface area contributed by atoms with E-state index in [0.717, 1.165) is 25.7 Å². The number of amides is 2. The molecule has 8 nitrogen and oxygen atoms in total. The Hall–Kier alpha value is -2.90. The third-order valence-electron chi connectivity index (χ3n) is 5.28. The maximum absolute atomic E-state index is 12.3. The van der Waals surface area contributed by atoms with Crippen LogP contribution in [0.1, 0.15) is 49.4 Å². The second kappa shape index (κ2) is 9.54. The first-order chi connectivity index (χ1) is 14.0. The van der Waals surface area contributed by atoms with Crippen LogP contribution in [0.4, 0.5) is 5.69 Å². The van der Waals surface area contributed by atoms with Crippen molar-refractivity contribution in [1.29, 1.82) is 0 Å². The van der Waals surface area contributed by atoms with Gasteiger partial charge in [-0.05, 0) is 44.0 Å². The molecule has 2 fully saturated rings. The van der Waals surface area contributed by atoms with Crippen LogP contribution in [0, 0.1) is 5.92 Å². The Morgan fingerprint density at radius 1 is 1.10 bits per heavy atom. The molecule has 1 N–H and O–H groups in total. The van der Waals surface area contributed by atoms with Gasteiger partial charge in [-0.2, -0.15) is 0 Å². The molecule has 8 heteroatoms. The second-order valence-electron chi connectivity index (χ2n) is 7.34. The Balaban J connectivity index is 1.44. The molecule has 0 radical (unpaired) electrons. The van der Waals surface area contributed by atoms with E-state index in [1.807, 2.05) is 0 Å². The number of benzene rings is 1. The van der Waals surface area contributed by atoms with E-state index in [1.54, 1.807) is 36.1 Å². The first-order valence-electron chi connectivity index (χ1n) is 10.0. The van der Waals surface area contributed by atoms with Gasteiger partial charge in [0.15, 0.2) is 6.61 Å². The predicted molar refractivity (Wildman–Crippen MR) is 104 cm³/mol. The average Bonchev–Trinajstić information content (AvgIpc) is 3.36. The molecule has 2 amide bonds. The minimum Gasteiger partial charge on any atom is -0.462 e. The summed E-state index contributed by atoms with van der Waals surface area (Å²) in [5.41, 5.74) is 0.858. The lowest BCUT2D eigenvalue weighted by Crippen LogP contribution is -2.35. The predicted octanol–water partition coefficient (Wildman–Crippen LogP) is 2.14. The molecule has 0 aromatic heterocycles. The van der Waals surface area contributed by atoms with E-state index < -0.39 is 30.4 Å². The highest BCUT2D eigenvalue weighted by Gasteiger charge is 2.39. The summed E-state index contributed by atoms with van der Waals surface area (Å²) in [6, 6.07) is 6.46. The largest absolute Gasteiger partial charge is 0.462 e. The molecule has 1 atom stereocenters. The van der Waals surface area contributed by atoms with Crippen LogP contribution in [0.3, 0.4) is 0 Å². The lowest BCUT2D eigenvalue weighted by atomic mass is 10.1. The number of anilines is 1. The van der Waals surface area contributed by atoms with Crippen LogP contribution in [-0.4, -0.2) is 54.5 Å². The van der Waals surface area contributed by atoms with Crippen molar-refractivity contribution in [3.8, 4) is 0 Å². The number of carbonyl (C=O) groups excluding carboxylic acids is 4. The second-order valence-corrected chi connectivity index (χ2v) is 7.34. The summed E-state index contributed by atoms with van der Waals surface area (Å²) in [5, 5.41) is 2.60. The molecule has 1 aliphatic carbocycles. The third kappa shape index (κ3) is 5.34. The van der Waals surface area contributed by atoms with Crippen LogP contribution < -0.4 is 5.32 Å². The molecule has 0 unspecified atom stereocenters. The number of carbonyl (C=O) groups is 4. The molecular weight excluding hydrogens is 376 g/mol. The Morgan fingerprint density at radius 3 is 2.45 bits per heavy atom. The minimum atomic E-state index is -0.522. The SMILES string of the molecule is CCOC(=O)c1ccc(NC(=O)COC(=O)[C@H]2CC(=O)N(C3CCCC3)C2)cc1. The Morgan fingerprint density at radius 2 is 1.79 bits per heavy atom. The molecule has 3 rings (SSSR count). The number of esters is 2. The fourth-order valence-electron chi connectivity index (χ4n) is 3.81. The number of likely N-dealkylation sites (tertiary alicyclic amines) is 1. The Bertz CT molecular complexity index is 770. The molecule has 1 heterocycles. The summed E-state index contributed by atoms with van der Waals surface area (Å²) in [6.45, 7) is 1.96. The van der Waals surface area contributed by atoms with Gasteiger partial charge in [-0.25, -0.2) is 4.79 Å². The molecule has 2 aliphatic rings. The lowest BCUT2D eigenvalue weighted by molar-refractivity contribution is -0.151. The molecule has 1 saturated carbocycles. The zero-order valence-electron chi connectivity index (χ0n) is 16.5. The highest BCUT2D eigenvalue weighted by atomic mass is 16.5. The van der Waals surface area contributed by atoms with E-state index in [1.165, 1.54) is 0 Å². The number of ether oxygens (including phenoxy) is 2.